The average Bonchev–Trinajstić information content (AvgIpc) is 2.51. The number of aromatic nitrogens is 1. The van der Waals surface area contributed by atoms with Crippen LogP contribution in [0.25, 0.3) is 0 Å². The Labute approximate surface area is 88.3 Å². The fraction of sp³-hybridized carbons (Fsp3) is 0.700. The first-order chi connectivity index (χ1) is 6.37. The summed E-state index contributed by atoms with van der Waals surface area (Å²) in [4.78, 5) is 5.75. The summed E-state index contributed by atoms with van der Waals surface area (Å²) >= 11 is 1.67. The summed E-state index contributed by atoms with van der Waals surface area (Å²) in [6.07, 6.45) is 0. The fourth-order valence-electron chi connectivity index (χ4n) is 2.00. The molecule has 1 aromatic heterocycles. The van der Waals surface area contributed by atoms with Crippen molar-refractivity contribution in [2.24, 2.45) is 5.73 Å². The lowest BCUT2D eigenvalue weighted by Gasteiger charge is -2.24. The highest BCUT2D eigenvalue weighted by molar-refractivity contribution is 7.12. The SMILES string of the molecule is CC1(C)OC(C)(C)c2sc(CN)nc21. The second-order valence-electron chi connectivity index (χ2n) is 4.61. The van der Waals surface area contributed by atoms with E-state index in [0.717, 1.165) is 10.7 Å². The van der Waals surface area contributed by atoms with Crippen molar-refractivity contribution < 1.29 is 4.74 Å². The molecule has 2 rings (SSSR count). The number of ether oxygens (including phenoxy) is 1. The molecule has 0 amide bonds. The van der Waals surface area contributed by atoms with Gasteiger partial charge in [-0.3, -0.25) is 0 Å². The molecule has 0 unspecified atom stereocenters. The lowest BCUT2D eigenvalue weighted by Crippen LogP contribution is -2.23. The van der Waals surface area contributed by atoms with Crippen LogP contribution in [0.2, 0.25) is 0 Å². The number of rotatable bonds is 1. The summed E-state index contributed by atoms with van der Waals surface area (Å²) in [5.74, 6) is 0. The molecule has 1 aliphatic rings. The van der Waals surface area contributed by atoms with Crippen LogP contribution < -0.4 is 5.73 Å². The summed E-state index contributed by atoms with van der Waals surface area (Å²) in [6, 6.07) is 0. The smallest absolute Gasteiger partial charge is 0.107 e. The number of fused-ring (bicyclic) bond motifs is 1. The van der Waals surface area contributed by atoms with E-state index in [4.69, 9.17) is 10.5 Å². The van der Waals surface area contributed by atoms with Crippen LogP contribution in [0, 0.1) is 0 Å². The minimum absolute atomic E-state index is 0.218. The van der Waals surface area contributed by atoms with Gasteiger partial charge in [0.05, 0.1) is 16.2 Å². The van der Waals surface area contributed by atoms with Gasteiger partial charge in [-0.15, -0.1) is 11.3 Å². The molecule has 4 heteroatoms. The minimum Gasteiger partial charge on any atom is -0.358 e. The second kappa shape index (κ2) is 2.78. The summed E-state index contributed by atoms with van der Waals surface area (Å²) in [6.45, 7) is 8.79. The highest BCUT2D eigenvalue weighted by Crippen LogP contribution is 2.48. The number of thiazole rings is 1. The van der Waals surface area contributed by atoms with E-state index < -0.39 is 0 Å². The number of hydrogen-bond donors (Lipinski definition) is 1. The third kappa shape index (κ3) is 1.29. The predicted molar refractivity (Wildman–Crippen MR) is 57.1 cm³/mol. The van der Waals surface area contributed by atoms with Gasteiger partial charge in [-0.1, -0.05) is 0 Å². The number of nitrogens with two attached hydrogens (primary N) is 1. The highest BCUT2D eigenvalue weighted by Gasteiger charge is 2.46. The molecule has 1 aromatic rings. The molecule has 0 fully saturated rings. The van der Waals surface area contributed by atoms with E-state index >= 15 is 0 Å². The van der Waals surface area contributed by atoms with Crippen LogP contribution in [0.3, 0.4) is 0 Å². The van der Waals surface area contributed by atoms with Crippen molar-refractivity contribution in [1.82, 2.24) is 4.98 Å². The summed E-state index contributed by atoms with van der Waals surface area (Å²) in [5.41, 5.74) is 6.16. The van der Waals surface area contributed by atoms with Crippen molar-refractivity contribution in [3.05, 3.63) is 15.6 Å². The molecule has 0 atom stereocenters. The van der Waals surface area contributed by atoms with E-state index in [2.05, 4.69) is 32.7 Å². The Morgan fingerprint density at radius 2 is 1.93 bits per heavy atom. The van der Waals surface area contributed by atoms with Crippen molar-refractivity contribution in [1.29, 1.82) is 0 Å². The number of hydrogen-bond acceptors (Lipinski definition) is 4. The Hall–Kier alpha value is -0.450. The van der Waals surface area contributed by atoms with Crippen molar-refractivity contribution >= 4 is 11.3 Å². The van der Waals surface area contributed by atoms with Gasteiger partial charge < -0.3 is 10.5 Å². The quantitative estimate of drug-likeness (QED) is 0.775. The zero-order valence-electron chi connectivity index (χ0n) is 9.05. The molecule has 0 spiro atoms. The Morgan fingerprint density at radius 3 is 2.43 bits per heavy atom. The first-order valence-electron chi connectivity index (χ1n) is 4.78. The van der Waals surface area contributed by atoms with Gasteiger partial charge in [-0.2, -0.15) is 0 Å². The summed E-state index contributed by atoms with van der Waals surface area (Å²) in [7, 11) is 0. The van der Waals surface area contributed by atoms with Crippen LogP contribution >= 0.6 is 11.3 Å². The van der Waals surface area contributed by atoms with Crippen LogP contribution in [-0.2, 0) is 22.5 Å². The first kappa shape index (κ1) is 10.1. The Kier molecular flexibility index (Phi) is 2.00. The molecular weight excluding hydrogens is 196 g/mol. The van der Waals surface area contributed by atoms with Gasteiger partial charge in [-0.25, -0.2) is 4.98 Å². The normalized spacial score (nSPS) is 22.4. The van der Waals surface area contributed by atoms with Gasteiger partial charge in [0.25, 0.3) is 0 Å². The molecule has 0 saturated carbocycles. The van der Waals surface area contributed by atoms with Crippen LogP contribution in [-0.4, -0.2) is 4.98 Å². The van der Waals surface area contributed by atoms with Gasteiger partial charge in [-0.05, 0) is 27.7 Å². The average molecular weight is 212 g/mol. The topological polar surface area (TPSA) is 48.1 Å². The predicted octanol–water partition coefficient (Wildman–Crippen LogP) is 2.10. The maximum atomic E-state index is 5.95. The molecule has 2 N–H and O–H groups in total. The largest absolute Gasteiger partial charge is 0.358 e. The molecule has 3 nitrogen and oxygen atoms in total. The second-order valence-corrected chi connectivity index (χ2v) is 5.70. The monoisotopic (exact) mass is 212 g/mol. The molecule has 0 aliphatic carbocycles. The van der Waals surface area contributed by atoms with Crippen molar-refractivity contribution in [3.63, 3.8) is 0 Å². The lowest BCUT2D eigenvalue weighted by atomic mass is 10.0. The van der Waals surface area contributed by atoms with Gasteiger partial charge in [0, 0.05) is 6.54 Å². The van der Waals surface area contributed by atoms with E-state index in [9.17, 15) is 0 Å². The van der Waals surface area contributed by atoms with Crippen molar-refractivity contribution in [2.75, 3.05) is 0 Å². The van der Waals surface area contributed by atoms with Gasteiger partial charge >= 0.3 is 0 Å². The van der Waals surface area contributed by atoms with Crippen LogP contribution in [0.5, 0.6) is 0 Å². The third-order valence-corrected chi connectivity index (χ3v) is 3.86. The lowest BCUT2D eigenvalue weighted by molar-refractivity contribution is -0.105. The highest BCUT2D eigenvalue weighted by atomic mass is 32.1. The van der Waals surface area contributed by atoms with E-state index in [-0.39, 0.29) is 11.2 Å². The van der Waals surface area contributed by atoms with Crippen LogP contribution in [0.4, 0.5) is 0 Å². The van der Waals surface area contributed by atoms with E-state index in [1.807, 2.05) is 0 Å². The van der Waals surface area contributed by atoms with E-state index in [1.54, 1.807) is 11.3 Å². The Morgan fingerprint density at radius 1 is 1.29 bits per heavy atom. The zero-order valence-corrected chi connectivity index (χ0v) is 9.86. The summed E-state index contributed by atoms with van der Waals surface area (Å²) in [5, 5.41) is 0.999. The van der Waals surface area contributed by atoms with Crippen LogP contribution in [0.1, 0.15) is 43.3 Å². The first-order valence-corrected chi connectivity index (χ1v) is 5.59. The molecule has 14 heavy (non-hydrogen) atoms. The van der Waals surface area contributed by atoms with Crippen molar-refractivity contribution in [2.45, 2.75) is 45.4 Å². The molecule has 0 aromatic carbocycles. The molecular formula is C10H16N2OS. The maximum Gasteiger partial charge on any atom is 0.107 e. The molecule has 0 bridgehead atoms. The van der Waals surface area contributed by atoms with Gasteiger partial charge in [0.1, 0.15) is 10.6 Å². The molecule has 0 saturated heterocycles. The Bertz CT molecular complexity index is 337. The Balaban J connectivity index is 2.56. The van der Waals surface area contributed by atoms with Crippen LogP contribution in [0.15, 0.2) is 0 Å². The van der Waals surface area contributed by atoms with Gasteiger partial charge in [0.2, 0.25) is 0 Å². The maximum absolute atomic E-state index is 5.95. The molecule has 2 heterocycles. The number of nitrogens with zero attached hydrogens (tertiary/aromatic N) is 1. The van der Waals surface area contributed by atoms with E-state index in [0.29, 0.717) is 6.54 Å². The minimum atomic E-state index is -0.275. The van der Waals surface area contributed by atoms with Gasteiger partial charge in [0.15, 0.2) is 0 Å². The third-order valence-electron chi connectivity index (χ3n) is 2.47. The fourth-order valence-corrected chi connectivity index (χ4v) is 3.13. The summed E-state index contributed by atoms with van der Waals surface area (Å²) < 4.78 is 5.95. The molecule has 0 radical (unpaired) electrons. The zero-order chi connectivity index (χ0) is 10.6. The standard InChI is InChI=1S/C10H16N2OS/c1-9(2)7-8(10(3,4)13-9)14-6(5-11)12-7/h5,11H2,1-4H3. The molecule has 78 valence electrons. The van der Waals surface area contributed by atoms with Crippen molar-refractivity contribution in [3.8, 4) is 0 Å². The molecule has 1 aliphatic heterocycles. The van der Waals surface area contributed by atoms with E-state index in [1.165, 1.54) is 4.88 Å².